The molecule has 0 aliphatic rings. The number of aromatic amines is 1. The Bertz CT molecular complexity index is 585. The minimum atomic E-state index is -0.277. The zero-order chi connectivity index (χ0) is 14.5. The van der Waals surface area contributed by atoms with Gasteiger partial charge in [0.05, 0.1) is 0 Å². The number of nitrogens with one attached hydrogen (secondary N) is 1. The number of hydrogen-bond acceptors (Lipinski definition) is 2. The Morgan fingerprint density at radius 3 is 2.40 bits per heavy atom. The van der Waals surface area contributed by atoms with Gasteiger partial charge in [-0.3, -0.25) is 0 Å². The molecule has 0 aliphatic carbocycles. The van der Waals surface area contributed by atoms with E-state index in [1.165, 1.54) is 5.56 Å². The van der Waals surface area contributed by atoms with Crippen molar-refractivity contribution in [1.82, 2.24) is 4.98 Å². The summed E-state index contributed by atoms with van der Waals surface area (Å²) in [5, 5.41) is 0. The largest absolute Gasteiger partial charge is 0.456 e. The Morgan fingerprint density at radius 1 is 1.15 bits per heavy atom. The van der Waals surface area contributed by atoms with Gasteiger partial charge in [-0.2, -0.15) is 0 Å². The fourth-order valence-electron chi connectivity index (χ4n) is 2.48. The highest BCUT2D eigenvalue weighted by molar-refractivity contribution is 5.89. The van der Waals surface area contributed by atoms with Crippen LogP contribution in [-0.4, -0.2) is 11.0 Å². The summed E-state index contributed by atoms with van der Waals surface area (Å²) in [6.45, 7) is 6.48. The fourth-order valence-corrected chi connectivity index (χ4v) is 2.48. The topological polar surface area (TPSA) is 42.1 Å². The van der Waals surface area contributed by atoms with Crippen molar-refractivity contribution < 1.29 is 9.53 Å². The predicted molar refractivity (Wildman–Crippen MR) is 79.8 cm³/mol. The van der Waals surface area contributed by atoms with E-state index >= 15 is 0 Å². The molecule has 1 heterocycles. The molecule has 0 saturated carbocycles. The SMILES string of the molecule is CCc1[nH]c(C(=O)OCc2ccccc2)c(C)c1CC. The molecule has 0 atom stereocenters. The van der Waals surface area contributed by atoms with E-state index in [1.807, 2.05) is 37.3 Å². The van der Waals surface area contributed by atoms with E-state index in [9.17, 15) is 4.79 Å². The number of aryl methyl sites for hydroxylation is 1. The summed E-state index contributed by atoms with van der Waals surface area (Å²) in [6, 6.07) is 9.72. The number of ether oxygens (including phenoxy) is 1. The molecule has 0 radical (unpaired) electrons. The Morgan fingerprint density at radius 2 is 1.85 bits per heavy atom. The molecule has 3 heteroatoms. The number of hydrogen-bond donors (Lipinski definition) is 1. The number of esters is 1. The lowest BCUT2D eigenvalue weighted by atomic mass is 10.1. The predicted octanol–water partition coefficient (Wildman–Crippen LogP) is 3.80. The van der Waals surface area contributed by atoms with Gasteiger partial charge in [-0.1, -0.05) is 44.2 Å². The molecule has 0 spiro atoms. The highest BCUT2D eigenvalue weighted by atomic mass is 16.5. The monoisotopic (exact) mass is 271 g/mol. The summed E-state index contributed by atoms with van der Waals surface area (Å²) >= 11 is 0. The normalized spacial score (nSPS) is 10.6. The zero-order valence-electron chi connectivity index (χ0n) is 12.3. The van der Waals surface area contributed by atoms with Gasteiger partial charge < -0.3 is 9.72 Å². The van der Waals surface area contributed by atoms with E-state index in [-0.39, 0.29) is 5.97 Å². The van der Waals surface area contributed by atoms with Crippen LogP contribution in [0.3, 0.4) is 0 Å². The van der Waals surface area contributed by atoms with Crippen molar-refractivity contribution >= 4 is 5.97 Å². The molecule has 0 aliphatic heterocycles. The molecule has 0 fully saturated rings. The Balaban J connectivity index is 2.11. The molecule has 2 aromatic rings. The van der Waals surface area contributed by atoms with Gasteiger partial charge >= 0.3 is 5.97 Å². The van der Waals surface area contributed by atoms with Crippen LogP contribution >= 0.6 is 0 Å². The van der Waals surface area contributed by atoms with E-state index in [0.29, 0.717) is 12.3 Å². The van der Waals surface area contributed by atoms with Crippen LogP contribution < -0.4 is 0 Å². The average molecular weight is 271 g/mol. The lowest BCUT2D eigenvalue weighted by molar-refractivity contribution is 0.0465. The Labute approximate surface area is 120 Å². The molecule has 1 aromatic carbocycles. The minimum absolute atomic E-state index is 0.277. The van der Waals surface area contributed by atoms with E-state index in [0.717, 1.165) is 29.7 Å². The first-order valence-electron chi connectivity index (χ1n) is 7.08. The Kier molecular flexibility index (Phi) is 4.61. The second-order valence-electron chi connectivity index (χ2n) is 4.85. The maximum absolute atomic E-state index is 12.2. The smallest absolute Gasteiger partial charge is 0.355 e. The zero-order valence-corrected chi connectivity index (χ0v) is 12.3. The molecule has 0 bridgehead atoms. The molecular formula is C17H21NO2. The quantitative estimate of drug-likeness (QED) is 0.840. The molecule has 1 N–H and O–H groups in total. The van der Waals surface area contributed by atoms with Gasteiger partial charge in [0, 0.05) is 5.69 Å². The highest BCUT2D eigenvalue weighted by Gasteiger charge is 2.18. The summed E-state index contributed by atoms with van der Waals surface area (Å²) in [4.78, 5) is 15.4. The van der Waals surface area contributed by atoms with Crippen LogP contribution in [0.4, 0.5) is 0 Å². The van der Waals surface area contributed by atoms with Gasteiger partial charge in [0.25, 0.3) is 0 Å². The third-order valence-electron chi connectivity index (χ3n) is 3.59. The molecule has 3 nitrogen and oxygen atoms in total. The van der Waals surface area contributed by atoms with Crippen LogP contribution in [0.25, 0.3) is 0 Å². The van der Waals surface area contributed by atoms with Gasteiger partial charge in [-0.05, 0) is 36.5 Å². The summed E-state index contributed by atoms with van der Waals surface area (Å²) in [6.07, 6.45) is 1.83. The van der Waals surface area contributed by atoms with E-state index in [2.05, 4.69) is 18.8 Å². The van der Waals surface area contributed by atoms with Crippen molar-refractivity contribution in [1.29, 1.82) is 0 Å². The second-order valence-corrected chi connectivity index (χ2v) is 4.85. The first-order chi connectivity index (χ1) is 9.67. The van der Waals surface area contributed by atoms with Crippen LogP contribution in [0.15, 0.2) is 30.3 Å². The summed E-state index contributed by atoms with van der Waals surface area (Å²) in [5.41, 5.74) is 4.98. The molecule has 2 rings (SSSR count). The van der Waals surface area contributed by atoms with Crippen molar-refractivity contribution in [3.63, 3.8) is 0 Å². The number of carbonyl (C=O) groups excluding carboxylic acids is 1. The third kappa shape index (κ3) is 2.93. The van der Waals surface area contributed by atoms with Crippen molar-refractivity contribution in [3.05, 3.63) is 58.4 Å². The first-order valence-corrected chi connectivity index (χ1v) is 7.08. The van der Waals surface area contributed by atoms with Crippen molar-refractivity contribution in [2.75, 3.05) is 0 Å². The molecule has 106 valence electrons. The molecule has 0 amide bonds. The number of benzene rings is 1. The maximum atomic E-state index is 12.2. The lowest BCUT2D eigenvalue weighted by Crippen LogP contribution is -2.07. The number of rotatable bonds is 5. The molecule has 0 unspecified atom stereocenters. The molecule has 20 heavy (non-hydrogen) atoms. The molecule has 0 saturated heterocycles. The van der Waals surface area contributed by atoms with Gasteiger partial charge in [0.1, 0.15) is 12.3 Å². The van der Waals surface area contributed by atoms with Gasteiger partial charge in [0.2, 0.25) is 0 Å². The highest BCUT2D eigenvalue weighted by Crippen LogP contribution is 2.20. The number of aromatic nitrogens is 1. The number of carbonyl (C=O) groups is 1. The van der Waals surface area contributed by atoms with Crippen LogP contribution in [0.2, 0.25) is 0 Å². The standard InChI is InChI=1S/C17H21NO2/c1-4-14-12(3)16(18-15(14)5-2)17(19)20-11-13-9-7-6-8-10-13/h6-10,18H,4-5,11H2,1-3H3. The molecular weight excluding hydrogens is 250 g/mol. The van der Waals surface area contributed by atoms with Gasteiger partial charge in [-0.25, -0.2) is 4.79 Å². The first kappa shape index (κ1) is 14.4. The van der Waals surface area contributed by atoms with Gasteiger partial charge in [-0.15, -0.1) is 0 Å². The lowest BCUT2D eigenvalue weighted by Gasteiger charge is -2.04. The van der Waals surface area contributed by atoms with Crippen LogP contribution in [0, 0.1) is 6.92 Å². The van der Waals surface area contributed by atoms with E-state index in [1.54, 1.807) is 0 Å². The summed E-state index contributed by atoms with van der Waals surface area (Å²) < 4.78 is 5.38. The van der Waals surface area contributed by atoms with E-state index < -0.39 is 0 Å². The van der Waals surface area contributed by atoms with Crippen molar-refractivity contribution in [2.24, 2.45) is 0 Å². The fraction of sp³-hybridized carbons (Fsp3) is 0.353. The van der Waals surface area contributed by atoms with Crippen molar-refractivity contribution in [3.8, 4) is 0 Å². The Hall–Kier alpha value is -2.03. The van der Waals surface area contributed by atoms with Crippen LogP contribution in [0.1, 0.15) is 46.7 Å². The maximum Gasteiger partial charge on any atom is 0.355 e. The van der Waals surface area contributed by atoms with Crippen LogP contribution in [0.5, 0.6) is 0 Å². The second kappa shape index (κ2) is 6.42. The van der Waals surface area contributed by atoms with Crippen LogP contribution in [-0.2, 0) is 24.2 Å². The average Bonchev–Trinajstić information content (AvgIpc) is 2.82. The van der Waals surface area contributed by atoms with Crippen molar-refractivity contribution in [2.45, 2.75) is 40.2 Å². The van der Waals surface area contributed by atoms with Gasteiger partial charge in [0.15, 0.2) is 0 Å². The minimum Gasteiger partial charge on any atom is -0.456 e. The summed E-state index contributed by atoms with van der Waals surface area (Å²) in [7, 11) is 0. The van der Waals surface area contributed by atoms with E-state index in [4.69, 9.17) is 4.74 Å². The summed E-state index contributed by atoms with van der Waals surface area (Å²) in [5.74, 6) is -0.277. The molecule has 1 aromatic heterocycles. The third-order valence-corrected chi connectivity index (χ3v) is 3.59. The number of H-pyrrole nitrogens is 1.